The average molecular weight is 243 g/mol. The summed E-state index contributed by atoms with van der Waals surface area (Å²) < 4.78 is 0. The summed E-state index contributed by atoms with van der Waals surface area (Å²) in [4.78, 5) is 8.07. The molecule has 0 aliphatic carbocycles. The highest BCUT2D eigenvalue weighted by Gasteiger charge is 2.16. The number of fused-ring (bicyclic) bond motifs is 1. The second kappa shape index (κ2) is 4.73. The van der Waals surface area contributed by atoms with Gasteiger partial charge in [-0.05, 0) is 43.0 Å². The molecule has 2 N–H and O–H groups in total. The molecule has 1 atom stereocenters. The van der Waals surface area contributed by atoms with Gasteiger partial charge in [0.25, 0.3) is 0 Å². The number of hydrogen-bond donors (Lipinski definition) is 2. The molecular weight excluding hydrogens is 222 g/mol. The molecule has 3 heteroatoms. The third-order valence-electron chi connectivity index (χ3n) is 3.84. The highest BCUT2D eigenvalue weighted by Crippen LogP contribution is 2.26. The van der Waals surface area contributed by atoms with Gasteiger partial charge in [0.15, 0.2) is 0 Å². The van der Waals surface area contributed by atoms with Crippen molar-refractivity contribution in [2.75, 3.05) is 13.1 Å². The van der Waals surface area contributed by atoms with Gasteiger partial charge < -0.3 is 10.3 Å². The van der Waals surface area contributed by atoms with Gasteiger partial charge in [0.2, 0.25) is 0 Å². The number of benzene rings is 1. The van der Waals surface area contributed by atoms with Crippen LogP contribution in [0.4, 0.5) is 0 Å². The van der Waals surface area contributed by atoms with Gasteiger partial charge in [0, 0.05) is 12.5 Å². The molecule has 1 fully saturated rings. The first-order valence-electron chi connectivity index (χ1n) is 6.94. The monoisotopic (exact) mass is 243 g/mol. The molecule has 18 heavy (non-hydrogen) atoms. The Morgan fingerprint density at radius 1 is 1.33 bits per heavy atom. The number of nitrogens with zero attached hydrogens (tertiary/aromatic N) is 1. The van der Waals surface area contributed by atoms with Crippen LogP contribution in [0.5, 0.6) is 0 Å². The lowest BCUT2D eigenvalue weighted by Gasteiger charge is -2.23. The van der Waals surface area contributed by atoms with E-state index >= 15 is 0 Å². The van der Waals surface area contributed by atoms with Crippen molar-refractivity contribution in [3.63, 3.8) is 0 Å². The topological polar surface area (TPSA) is 40.7 Å². The van der Waals surface area contributed by atoms with Crippen LogP contribution in [0.3, 0.4) is 0 Å². The average Bonchev–Trinajstić information content (AvgIpc) is 2.82. The minimum Gasteiger partial charge on any atom is -0.342 e. The molecule has 0 amide bonds. The van der Waals surface area contributed by atoms with Crippen LogP contribution in [0, 0.1) is 0 Å². The Morgan fingerprint density at radius 3 is 2.94 bits per heavy atom. The number of hydrogen-bond acceptors (Lipinski definition) is 2. The van der Waals surface area contributed by atoms with Gasteiger partial charge >= 0.3 is 0 Å². The standard InChI is InChI=1S/C15H21N3/c1-10(2)15-17-13-6-5-11(8-14(13)18-15)12-4-3-7-16-9-12/h5-6,8,10,12,16H,3-4,7,9H2,1-2H3,(H,17,18). The number of aromatic nitrogens is 2. The molecule has 1 saturated heterocycles. The van der Waals surface area contributed by atoms with E-state index in [2.05, 4.69) is 47.3 Å². The van der Waals surface area contributed by atoms with Crippen LogP contribution in [-0.4, -0.2) is 23.1 Å². The lowest BCUT2D eigenvalue weighted by molar-refractivity contribution is 0.462. The molecule has 0 spiro atoms. The quantitative estimate of drug-likeness (QED) is 0.850. The fraction of sp³-hybridized carbons (Fsp3) is 0.533. The predicted molar refractivity (Wildman–Crippen MR) is 75.0 cm³/mol. The normalized spacial score (nSPS) is 20.7. The van der Waals surface area contributed by atoms with Crippen LogP contribution in [0.25, 0.3) is 11.0 Å². The van der Waals surface area contributed by atoms with Gasteiger partial charge in [-0.1, -0.05) is 19.9 Å². The van der Waals surface area contributed by atoms with E-state index in [0.29, 0.717) is 11.8 Å². The Kier molecular flexibility index (Phi) is 3.08. The van der Waals surface area contributed by atoms with Crippen molar-refractivity contribution in [1.82, 2.24) is 15.3 Å². The van der Waals surface area contributed by atoms with E-state index < -0.39 is 0 Å². The lowest BCUT2D eigenvalue weighted by atomic mass is 9.91. The fourth-order valence-corrected chi connectivity index (χ4v) is 2.71. The van der Waals surface area contributed by atoms with Crippen LogP contribution in [0.2, 0.25) is 0 Å². The third kappa shape index (κ3) is 2.15. The second-order valence-electron chi connectivity index (χ2n) is 5.60. The second-order valence-corrected chi connectivity index (χ2v) is 5.60. The maximum absolute atomic E-state index is 4.63. The minimum atomic E-state index is 0.456. The van der Waals surface area contributed by atoms with E-state index in [0.717, 1.165) is 17.9 Å². The zero-order valence-electron chi connectivity index (χ0n) is 11.2. The summed E-state index contributed by atoms with van der Waals surface area (Å²) in [7, 11) is 0. The van der Waals surface area contributed by atoms with Gasteiger partial charge in [-0.3, -0.25) is 0 Å². The molecule has 3 nitrogen and oxygen atoms in total. The first-order valence-corrected chi connectivity index (χ1v) is 6.94. The summed E-state index contributed by atoms with van der Waals surface area (Å²) in [5, 5.41) is 3.48. The Labute approximate surface area is 108 Å². The number of aromatic amines is 1. The molecule has 2 heterocycles. The van der Waals surface area contributed by atoms with E-state index in [9.17, 15) is 0 Å². The maximum Gasteiger partial charge on any atom is 0.109 e. The Balaban J connectivity index is 1.94. The molecule has 0 saturated carbocycles. The number of rotatable bonds is 2. The summed E-state index contributed by atoms with van der Waals surface area (Å²) in [6.45, 7) is 6.62. The van der Waals surface area contributed by atoms with Gasteiger partial charge in [0.1, 0.15) is 5.82 Å². The van der Waals surface area contributed by atoms with Crippen LogP contribution in [0.1, 0.15) is 49.9 Å². The van der Waals surface area contributed by atoms with Crippen molar-refractivity contribution < 1.29 is 0 Å². The molecule has 1 aliphatic rings. The van der Waals surface area contributed by atoms with E-state index in [1.165, 1.54) is 30.5 Å². The van der Waals surface area contributed by atoms with Crippen molar-refractivity contribution >= 4 is 11.0 Å². The molecule has 0 radical (unpaired) electrons. The van der Waals surface area contributed by atoms with Crippen LogP contribution >= 0.6 is 0 Å². The smallest absolute Gasteiger partial charge is 0.109 e. The van der Waals surface area contributed by atoms with E-state index in [4.69, 9.17) is 0 Å². The molecule has 96 valence electrons. The third-order valence-corrected chi connectivity index (χ3v) is 3.84. The molecule has 1 aromatic heterocycles. The number of H-pyrrole nitrogens is 1. The SMILES string of the molecule is CC(C)c1nc2ccc(C3CCCNC3)cc2[nH]1. The zero-order chi connectivity index (χ0) is 12.5. The number of piperidine rings is 1. The number of nitrogens with one attached hydrogen (secondary N) is 2. The Hall–Kier alpha value is -1.35. The number of imidazole rings is 1. The minimum absolute atomic E-state index is 0.456. The van der Waals surface area contributed by atoms with Crippen molar-refractivity contribution in [1.29, 1.82) is 0 Å². The molecule has 1 aliphatic heterocycles. The van der Waals surface area contributed by atoms with Crippen molar-refractivity contribution in [3.05, 3.63) is 29.6 Å². The molecule has 1 aromatic carbocycles. The molecule has 1 unspecified atom stereocenters. The highest BCUT2D eigenvalue weighted by atomic mass is 14.9. The van der Waals surface area contributed by atoms with Crippen molar-refractivity contribution in [3.8, 4) is 0 Å². The Bertz CT molecular complexity index is 536. The molecular formula is C15H21N3. The van der Waals surface area contributed by atoms with E-state index in [1.54, 1.807) is 0 Å². The van der Waals surface area contributed by atoms with Gasteiger partial charge in [-0.2, -0.15) is 0 Å². The van der Waals surface area contributed by atoms with Gasteiger partial charge in [-0.15, -0.1) is 0 Å². The van der Waals surface area contributed by atoms with Crippen LogP contribution in [0.15, 0.2) is 18.2 Å². The Morgan fingerprint density at radius 2 is 2.22 bits per heavy atom. The van der Waals surface area contributed by atoms with Crippen molar-refractivity contribution in [2.45, 2.75) is 38.5 Å². The first-order chi connectivity index (χ1) is 8.74. The summed E-state index contributed by atoms with van der Waals surface area (Å²) in [5.41, 5.74) is 3.71. The summed E-state index contributed by atoms with van der Waals surface area (Å²) >= 11 is 0. The summed E-state index contributed by atoms with van der Waals surface area (Å²) in [6.07, 6.45) is 2.58. The zero-order valence-corrected chi connectivity index (χ0v) is 11.2. The summed E-state index contributed by atoms with van der Waals surface area (Å²) in [5.74, 6) is 2.20. The molecule has 2 aromatic rings. The lowest BCUT2D eigenvalue weighted by Crippen LogP contribution is -2.28. The van der Waals surface area contributed by atoms with E-state index in [1.807, 2.05) is 0 Å². The van der Waals surface area contributed by atoms with Crippen LogP contribution < -0.4 is 5.32 Å². The molecule has 0 bridgehead atoms. The largest absolute Gasteiger partial charge is 0.342 e. The van der Waals surface area contributed by atoms with Gasteiger partial charge in [0.05, 0.1) is 11.0 Å². The van der Waals surface area contributed by atoms with Crippen LogP contribution in [-0.2, 0) is 0 Å². The van der Waals surface area contributed by atoms with Crippen molar-refractivity contribution in [2.24, 2.45) is 0 Å². The predicted octanol–water partition coefficient (Wildman–Crippen LogP) is 3.15. The first kappa shape index (κ1) is 11.7. The maximum atomic E-state index is 4.63. The van der Waals surface area contributed by atoms with E-state index in [-0.39, 0.29) is 0 Å². The fourth-order valence-electron chi connectivity index (χ4n) is 2.71. The highest BCUT2D eigenvalue weighted by molar-refractivity contribution is 5.76. The summed E-state index contributed by atoms with van der Waals surface area (Å²) in [6, 6.07) is 6.68. The van der Waals surface area contributed by atoms with Gasteiger partial charge in [-0.25, -0.2) is 4.98 Å². The molecule has 3 rings (SSSR count).